The number of morpholine rings is 1. The summed E-state index contributed by atoms with van der Waals surface area (Å²) in [5.41, 5.74) is 2.47. The van der Waals surface area contributed by atoms with Crippen molar-refractivity contribution < 1.29 is 14.3 Å². The Labute approximate surface area is 157 Å². The molecule has 0 spiro atoms. The lowest BCUT2D eigenvalue weighted by Crippen LogP contribution is -2.41. The molecule has 7 heteroatoms. The SMILES string of the molecule is Cc1cc(C)cc(C(=O)Nc2cc(C(=O)N3CCOCC3)cn(C)c2=O)c1. The fraction of sp³-hybridized carbons (Fsp3) is 0.350. The Morgan fingerprint density at radius 2 is 1.63 bits per heavy atom. The Kier molecular flexibility index (Phi) is 5.41. The van der Waals surface area contributed by atoms with Gasteiger partial charge in [-0.25, -0.2) is 0 Å². The third kappa shape index (κ3) is 4.25. The zero-order valence-corrected chi connectivity index (χ0v) is 15.7. The first-order valence-corrected chi connectivity index (χ1v) is 8.82. The Balaban J connectivity index is 1.88. The summed E-state index contributed by atoms with van der Waals surface area (Å²) in [5, 5.41) is 2.65. The van der Waals surface area contributed by atoms with Crippen molar-refractivity contribution >= 4 is 17.5 Å². The van der Waals surface area contributed by atoms with Crippen LogP contribution in [0.2, 0.25) is 0 Å². The quantitative estimate of drug-likeness (QED) is 0.893. The molecule has 1 N–H and O–H groups in total. The standard InChI is InChI=1S/C20H23N3O4/c1-13-8-14(2)10-15(9-13)18(24)21-17-11-16(12-22(3)20(17)26)19(25)23-4-6-27-7-5-23/h8-12H,4-7H2,1-3H3,(H,21,24). The minimum atomic E-state index is -0.380. The summed E-state index contributed by atoms with van der Waals surface area (Å²) in [7, 11) is 1.56. The molecule has 2 amide bonds. The van der Waals surface area contributed by atoms with Gasteiger partial charge in [-0.2, -0.15) is 0 Å². The number of pyridine rings is 1. The van der Waals surface area contributed by atoms with Crippen molar-refractivity contribution in [2.75, 3.05) is 31.6 Å². The number of ether oxygens (including phenoxy) is 1. The fourth-order valence-corrected chi connectivity index (χ4v) is 3.17. The number of nitrogens with zero attached hydrogens (tertiary/aromatic N) is 2. The van der Waals surface area contributed by atoms with E-state index in [1.54, 1.807) is 24.1 Å². The summed E-state index contributed by atoms with van der Waals surface area (Å²) in [6, 6.07) is 6.93. The third-order valence-electron chi connectivity index (χ3n) is 4.46. The van der Waals surface area contributed by atoms with Gasteiger partial charge in [0.15, 0.2) is 0 Å². The van der Waals surface area contributed by atoms with Crippen LogP contribution >= 0.6 is 0 Å². The summed E-state index contributed by atoms with van der Waals surface area (Å²) in [6.45, 7) is 5.81. The van der Waals surface area contributed by atoms with E-state index >= 15 is 0 Å². The summed E-state index contributed by atoms with van der Waals surface area (Å²) >= 11 is 0. The fourth-order valence-electron chi connectivity index (χ4n) is 3.17. The summed E-state index contributed by atoms with van der Waals surface area (Å²) in [6.07, 6.45) is 1.49. The van der Waals surface area contributed by atoms with Crippen LogP contribution in [-0.2, 0) is 11.8 Å². The lowest BCUT2D eigenvalue weighted by atomic mass is 10.1. The molecule has 7 nitrogen and oxygen atoms in total. The van der Waals surface area contributed by atoms with Gasteiger partial charge in [-0.05, 0) is 32.0 Å². The summed E-state index contributed by atoms with van der Waals surface area (Å²) < 4.78 is 6.58. The molecule has 1 fully saturated rings. The molecule has 2 aromatic rings. The molecule has 1 aliphatic rings. The monoisotopic (exact) mass is 369 g/mol. The van der Waals surface area contributed by atoms with Gasteiger partial charge in [0, 0.05) is 31.9 Å². The van der Waals surface area contributed by atoms with E-state index in [2.05, 4.69) is 5.32 Å². The zero-order chi connectivity index (χ0) is 19.6. The molecule has 3 rings (SSSR count). The van der Waals surface area contributed by atoms with E-state index in [0.717, 1.165) is 11.1 Å². The second-order valence-electron chi connectivity index (χ2n) is 6.79. The molecule has 0 radical (unpaired) electrons. The van der Waals surface area contributed by atoms with Crippen LogP contribution in [0.1, 0.15) is 31.8 Å². The molecular weight excluding hydrogens is 346 g/mol. The van der Waals surface area contributed by atoms with Crippen molar-refractivity contribution in [1.29, 1.82) is 0 Å². The van der Waals surface area contributed by atoms with E-state index in [1.807, 2.05) is 19.9 Å². The highest BCUT2D eigenvalue weighted by Crippen LogP contribution is 2.13. The summed E-state index contributed by atoms with van der Waals surface area (Å²) in [5.74, 6) is -0.564. The van der Waals surface area contributed by atoms with Crippen molar-refractivity contribution in [3.63, 3.8) is 0 Å². The number of aromatic nitrogens is 1. The van der Waals surface area contributed by atoms with Crippen molar-refractivity contribution in [2.24, 2.45) is 7.05 Å². The second kappa shape index (κ2) is 7.75. The van der Waals surface area contributed by atoms with Gasteiger partial charge in [0.05, 0.1) is 18.8 Å². The number of hydrogen-bond acceptors (Lipinski definition) is 4. The number of nitrogens with one attached hydrogen (secondary N) is 1. The number of hydrogen-bond donors (Lipinski definition) is 1. The van der Waals surface area contributed by atoms with Crippen LogP contribution in [0.5, 0.6) is 0 Å². The molecule has 1 saturated heterocycles. The maximum absolute atomic E-state index is 12.7. The van der Waals surface area contributed by atoms with Crippen LogP contribution in [0.4, 0.5) is 5.69 Å². The van der Waals surface area contributed by atoms with Crippen molar-refractivity contribution in [3.05, 3.63) is 63.1 Å². The van der Waals surface area contributed by atoms with Crippen LogP contribution < -0.4 is 10.9 Å². The lowest BCUT2D eigenvalue weighted by molar-refractivity contribution is 0.0302. The molecule has 0 saturated carbocycles. The van der Waals surface area contributed by atoms with Gasteiger partial charge in [-0.3, -0.25) is 14.4 Å². The molecule has 0 atom stereocenters. The largest absolute Gasteiger partial charge is 0.378 e. The highest BCUT2D eigenvalue weighted by Gasteiger charge is 2.21. The predicted molar refractivity (Wildman–Crippen MR) is 102 cm³/mol. The highest BCUT2D eigenvalue weighted by atomic mass is 16.5. The van der Waals surface area contributed by atoms with E-state index in [9.17, 15) is 14.4 Å². The molecule has 0 bridgehead atoms. The van der Waals surface area contributed by atoms with Crippen LogP contribution in [0.25, 0.3) is 0 Å². The smallest absolute Gasteiger partial charge is 0.274 e. The first-order chi connectivity index (χ1) is 12.8. The topological polar surface area (TPSA) is 80.6 Å². The van der Waals surface area contributed by atoms with E-state index in [0.29, 0.717) is 37.4 Å². The Hall–Kier alpha value is -2.93. The number of aryl methyl sites for hydroxylation is 3. The number of carbonyl (C=O) groups is 2. The van der Waals surface area contributed by atoms with Gasteiger partial charge in [-0.1, -0.05) is 17.2 Å². The van der Waals surface area contributed by atoms with E-state index in [-0.39, 0.29) is 23.1 Å². The van der Waals surface area contributed by atoms with Crippen molar-refractivity contribution in [1.82, 2.24) is 9.47 Å². The van der Waals surface area contributed by atoms with E-state index in [1.165, 1.54) is 16.8 Å². The van der Waals surface area contributed by atoms with Gasteiger partial charge < -0.3 is 19.5 Å². The maximum Gasteiger partial charge on any atom is 0.274 e. The molecule has 0 unspecified atom stereocenters. The molecule has 27 heavy (non-hydrogen) atoms. The molecule has 1 aromatic heterocycles. The number of anilines is 1. The number of rotatable bonds is 3. The number of amides is 2. The highest BCUT2D eigenvalue weighted by molar-refractivity contribution is 6.05. The van der Waals surface area contributed by atoms with Crippen LogP contribution in [0.3, 0.4) is 0 Å². The molecule has 0 aliphatic carbocycles. The first-order valence-electron chi connectivity index (χ1n) is 8.82. The molecular formula is C20H23N3O4. The van der Waals surface area contributed by atoms with Gasteiger partial charge in [0.1, 0.15) is 5.69 Å². The van der Waals surface area contributed by atoms with Gasteiger partial charge in [0.2, 0.25) is 0 Å². The Morgan fingerprint density at radius 3 is 2.26 bits per heavy atom. The molecule has 1 aliphatic heterocycles. The Morgan fingerprint density at radius 1 is 1.00 bits per heavy atom. The van der Waals surface area contributed by atoms with Crippen LogP contribution in [0, 0.1) is 13.8 Å². The summed E-state index contributed by atoms with van der Waals surface area (Å²) in [4.78, 5) is 39.4. The normalized spacial score (nSPS) is 14.1. The predicted octanol–water partition coefficient (Wildman–Crippen LogP) is 1.73. The average Bonchev–Trinajstić information content (AvgIpc) is 2.64. The maximum atomic E-state index is 12.7. The van der Waals surface area contributed by atoms with E-state index in [4.69, 9.17) is 4.74 Å². The first kappa shape index (κ1) is 18.8. The molecule has 1 aromatic carbocycles. The molecule has 142 valence electrons. The minimum absolute atomic E-state index is 0.0840. The zero-order valence-electron chi connectivity index (χ0n) is 15.7. The Bertz CT molecular complexity index is 922. The third-order valence-corrected chi connectivity index (χ3v) is 4.46. The van der Waals surface area contributed by atoms with Gasteiger partial charge >= 0.3 is 0 Å². The van der Waals surface area contributed by atoms with Crippen molar-refractivity contribution in [3.8, 4) is 0 Å². The molecule has 2 heterocycles. The van der Waals surface area contributed by atoms with Crippen LogP contribution in [0.15, 0.2) is 35.3 Å². The minimum Gasteiger partial charge on any atom is -0.378 e. The van der Waals surface area contributed by atoms with Crippen LogP contribution in [-0.4, -0.2) is 47.6 Å². The lowest BCUT2D eigenvalue weighted by Gasteiger charge is -2.27. The van der Waals surface area contributed by atoms with Crippen molar-refractivity contribution in [2.45, 2.75) is 13.8 Å². The number of carbonyl (C=O) groups excluding carboxylic acids is 2. The number of benzene rings is 1. The average molecular weight is 369 g/mol. The van der Waals surface area contributed by atoms with Gasteiger partial charge in [0.25, 0.3) is 17.4 Å². The van der Waals surface area contributed by atoms with E-state index < -0.39 is 0 Å². The van der Waals surface area contributed by atoms with Gasteiger partial charge in [-0.15, -0.1) is 0 Å². The second-order valence-corrected chi connectivity index (χ2v) is 6.79.